The number of fused-ring (bicyclic) bond motifs is 2. The van der Waals surface area contributed by atoms with E-state index in [-0.39, 0.29) is 18.8 Å². The molecule has 0 aliphatic carbocycles. The average molecular weight is 456 g/mol. The summed E-state index contributed by atoms with van der Waals surface area (Å²) in [6.45, 7) is 7.67. The number of hydrogen-bond acceptors (Lipinski definition) is 6. The molecule has 0 saturated carbocycles. The first-order valence-electron chi connectivity index (χ1n) is 10.7. The number of hydrogen-bond donors (Lipinski definition) is 0. The van der Waals surface area contributed by atoms with Crippen molar-refractivity contribution in [2.75, 3.05) is 13.3 Å². The summed E-state index contributed by atoms with van der Waals surface area (Å²) >= 11 is 6.33. The van der Waals surface area contributed by atoms with Crippen LogP contribution in [-0.2, 0) is 29.0 Å². The summed E-state index contributed by atoms with van der Waals surface area (Å²) in [6, 6.07) is 9.82. The van der Waals surface area contributed by atoms with Crippen LogP contribution >= 0.6 is 11.6 Å². The molecule has 0 amide bonds. The molecule has 32 heavy (non-hydrogen) atoms. The predicted molar refractivity (Wildman–Crippen MR) is 123 cm³/mol. The van der Waals surface area contributed by atoms with E-state index in [0.29, 0.717) is 37.6 Å². The van der Waals surface area contributed by atoms with Gasteiger partial charge in [0.15, 0.2) is 0 Å². The highest BCUT2D eigenvalue weighted by atomic mass is 35.5. The Morgan fingerprint density at radius 3 is 2.75 bits per heavy atom. The van der Waals surface area contributed by atoms with Crippen LogP contribution in [0.4, 0.5) is 0 Å². The Labute approximate surface area is 191 Å². The van der Waals surface area contributed by atoms with Crippen molar-refractivity contribution in [3.05, 3.63) is 73.6 Å². The molecule has 0 atom stereocenters. The van der Waals surface area contributed by atoms with Gasteiger partial charge in [-0.05, 0) is 50.5 Å². The van der Waals surface area contributed by atoms with E-state index in [1.54, 1.807) is 6.92 Å². The van der Waals surface area contributed by atoms with Crippen LogP contribution in [0.1, 0.15) is 41.2 Å². The second-order valence-electron chi connectivity index (χ2n) is 8.02. The van der Waals surface area contributed by atoms with E-state index in [9.17, 15) is 9.59 Å². The number of nitrogens with zero attached hydrogens (tertiary/aromatic N) is 1. The molecule has 2 aromatic carbocycles. The molecular formula is C25H26ClNO5. The van der Waals surface area contributed by atoms with Crippen LogP contribution in [0, 0.1) is 13.8 Å². The van der Waals surface area contributed by atoms with Crippen LogP contribution in [0.3, 0.4) is 0 Å². The zero-order valence-corrected chi connectivity index (χ0v) is 19.3. The molecule has 0 unspecified atom stereocenters. The third kappa shape index (κ3) is 4.38. The fourth-order valence-corrected chi connectivity index (χ4v) is 4.41. The highest BCUT2D eigenvalue weighted by molar-refractivity contribution is 6.31. The van der Waals surface area contributed by atoms with Crippen LogP contribution in [0.2, 0.25) is 5.02 Å². The van der Waals surface area contributed by atoms with Crippen molar-refractivity contribution < 1.29 is 18.7 Å². The lowest BCUT2D eigenvalue weighted by Gasteiger charge is -2.30. The van der Waals surface area contributed by atoms with Crippen LogP contribution in [0.5, 0.6) is 5.75 Å². The molecule has 0 bridgehead atoms. The van der Waals surface area contributed by atoms with Crippen LogP contribution in [-0.4, -0.2) is 24.2 Å². The Bertz CT molecular complexity index is 1230. The second kappa shape index (κ2) is 9.35. The van der Waals surface area contributed by atoms with Crippen molar-refractivity contribution >= 4 is 28.5 Å². The van der Waals surface area contributed by atoms with Gasteiger partial charge in [0, 0.05) is 46.6 Å². The molecule has 4 rings (SSSR count). The molecule has 7 heteroatoms. The summed E-state index contributed by atoms with van der Waals surface area (Å²) in [6.07, 6.45) is 0.428. The number of carbonyl (C=O) groups excluding carboxylic acids is 1. The van der Waals surface area contributed by atoms with Crippen LogP contribution < -0.4 is 10.4 Å². The molecule has 1 aromatic heterocycles. The Kier molecular flexibility index (Phi) is 6.53. The fraction of sp³-hybridized carbons (Fsp3) is 0.360. The Balaban J connectivity index is 1.66. The second-order valence-corrected chi connectivity index (χ2v) is 8.42. The van der Waals surface area contributed by atoms with Crippen molar-refractivity contribution in [2.24, 2.45) is 0 Å². The van der Waals surface area contributed by atoms with Gasteiger partial charge in [-0.2, -0.15) is 0 Å². The van der Waals surface area contributed by atoms with Crippen molar-refractivity contribution in [1.29, 1.82) is 0 Å². The molecule has 6 nitrogen and oxygen atoms in total. The lowest BCUT2D eigenvalue weighted by Crippen LogP contribution is -2.32. The van der Waals surface area contributed by atoms with Gasteiger partial charge in [-0.15, -0.1) is 0 Å². The van der Waals surface area contributed by atoms with E-state index < -0.39 is 5.63 Å². The Morgan fingerprint density at radius 2 is 2.00 bits per heavy atom. The molecule has 1 aliphatic rings. The molecule has 2 heterocycles. The van der Waals surface area contributed by atoms with Gasteiger partial charge in [-0.3, -0.25) is 9.69 Å². The minimum absolute atomic E-state index is 0.142. The highest BCUT2D eigenvalue weighted by Gasteiger charge is 2.24. The highest BCUT2D eigenvalue weighted by Crippen LogP contribution is 2.36. The number of ether oxygens (including phenoxy) is 2. The summed E-state index contributed by atoms with van der Waals surface area (Å²) < 4.78 is 16.7. The molecule has 1 aliphatic heterocycles. The lowest BCUT2D eigenvalue weighted by molar-refractivity contribution is -0.143. The van der Waals surface area contributed by atoms with E-state index in [0.717, 1.165) is 38.4 Å². The van der Waals surface area contributed by atoms with Crippen molar-refractivity contribution in [2.45, 2.75) is 46.7 Å². The van der Waals surface area contributed by atoms with Gasteiger partial charge in [-0.25, -0.2) is 4.79 Å². The zero-order valence-electron chi connectivity index (χ0n) is 18.5. The van der Waals surface area contributed by atoms with Gasteiger partial charge < -0.3 is 13.9 Å². The first kappa shape index (κ1) is 22.4. The molecule has 0 radical (unpaired) electrons. The number of halogens is 1. The number of carbonyl (C=O) groups is 1. The summed E-state index contributed by atoms with van der Waals surface area (Å²) in [5.41, 5.74) is 4.34. The molecule has 0 saturated heterocycles. The third-order valence-corrected chi connectivity index (χ3v) is 6.22. The molecule has 168 valence electrons. The minimum atomic E-state index is -0.418. The minimum Gasteiger partial charge on any atom is -0.477 e. The van der Waals surface area contributed by atoms with Gasteiger partial charge in [0.25, 0.3) is 0 Å². The van der Waals surface area contributed by atoms with E-state index >= 15 is 0 Å². The molecule has 0 spiro atoms. The fourth-order valence-electron chi connectivity index (χ4n) is 4.21. The van der Waals surface area contributed by atoms with Crippen LogP contribution in [0.15, 0.2) is 39.5 Å². The quantitative estimate of drug-likeness (QED) is 0.388. The van der Waals surface area contributed by atoms with Crippen LogP contribution in [0.25, 0.3) is 11.0 Å². The molecule has 3 aromatic rings. The molecule has 0 N–H and O–H groups in total. The van der Waals surface area contributed by atoms with Gasteiger partial charge >= 0.3 is 11.6 Å². The zero-order chi connectivity index (χ0) is 22.8. The maximum Gasteiger partial charge on any atom is 0.339 e. The monoisotopic (exact) mass is 455 g/mol. The summed E-state index contributed by atoms with van der Waals surface area (Å²) in [7, 11) is 0. The third-order valence-electron chi connectivity index (χ3n) is 5.86. The van der Waals surface area contributed by atoms with E-state index in [1.807, 2.05) is 44.2 Å². The molecular weight excluding hydrogens is 430 g/mol. The number of benzene rings is 2. The van der Waals surface area contributed by atoms with Crippen molar-refractivity contribution in [1.82, 2.24) is 4.90 Å². The van der Waals surface area contributed by atoms with Gasteiger partial charge in [0.1, 0.15) is 18.1 Å². The Morgan fingerprint density at radius 1 is 1.22 bits per heavy atom. The SMILES string of the molecule is CCOC(=O)CCc1c(C)c2cc3c(c(C)c2oc1=O)OCN(Cc1ccccc1Cl)C3. The first-order valence-corrected chi connectivity index (χ1v) is 11.1. The van der Waals surface area contributed by atoms with Gasteiger partial charge in [-0.1, -0.05) is 29.8 Å². The van der Waals surface area contributed by atoms with Gasteiger partial charge in [0.2, 0.25) is 0 Å². The van der Waals surface area contributed by atoms with E-state index in [4.69, 9.17) is 25.5 Å². The lowest BCUT2D eigenvalue weighted by atomic mass is 9.97. The topological polar surface area (TPSA) is 69.0 Å². The summed E-state index contributed by atoms with van der Waals surface area (Å²) in [5.74, 6) is 0.436. The largest absolute Gasteiger partial charge is 0.477 e. The number of esters is 1. The predicted octanol–water partition coefficient (Wildman–Crippen LogP) is 4.91. The van der Waals surface area contributed by atoms with Crippen molar-refractivity contribution in [3.63, 3.8) is 0 Å². The first-order chi connectivity index (χ1) is 15.4. The number of rotatable bonds is 6. The number of aryl methyl sites for hydroxylation is 2. The van der Waals surface area contributed by atoms with Crippen molar-refractivity contribution in [3.8, 4) is 5.75 Å². The van der Waals surface area contributed by atoms with E-state index in [2.05, 4.69) is 4.90 Å². The maximum absolute atomic E-state index is 12.7. The molecule has 0 fully saturated rings. The smallest absolute Gasteiger partial charge is 0.339 e. The standard InChI is InChI=1S/C25H26ClNO5/c1-4-30-22(28)10-9-19-15(2)20-11-18-13-27(12-17-7-5-6-8-21(17)26)14-31-23(18)16(3)24(20)32-25(19)29/h5-8,11H,4,9-10,12-14H2,1-3H3. The normalized spacial score (nSPS) is 13.6. The summed E-state index contributed by atoms with van der Waals surface area (Å²) in [5, 5.41) is 1.60. The summed E-state index contributed by atoms with van der Waals surface area (Å²) in [4.78, 5) is 26.6. The average Bonchev–Trinajstić information content (AvgIpc) is 2.76. The maximum atomic E-state index is 12.7. The van der Waals surface area contributed by atoms with Gasteiger partial charge in [0.05, 0.1) is 6.61 Å². The van der Waals surface area contributed by atoms with E-state index in [1.165, 1.54) is 0 Å². The Hall–Kier alpha value is -2.83.